The molecule has 8 nitrogen and oxygen atoms in total. The Hall–Kier alpha value is -3.85. The molecule has 2 aromatic carbocycles. The maximum atomic E-state index is 13.1. The molecule has 12 heteroatoms. The molecule has 0 radical (unpaired) electrons. The maximum Gasteiger partial charge on any atom is 0.406 e. The van der Waals surface area contributed by atoms with Crippen molar-refractivity contribution in [3.63, 3.8) is 0 Å². The molecule has 1 aromatic heterocycles. The number of sulfonamides is 1. The van der Waals surface area contributed by atoms with Gasteiger partial charge in [0.05, 0.1) is 35.4 Å². The Morgan fingerprint density at radius 1 is 1.17 bits per heavy atom. The van der Waals surface area contributed by atoms with Crippen LogP contribution in [-0.2, 0) is 21.4 Å². The van der Waals surface area contributed by atoms with Gasteiger partial charge in [-0.1, -0.05) is 25.8 Å². The second kappa shape index (κ2) is 11.7. The summed E-state index contributed by atoms with van der Waals surface area (Å²) in [4.78, 5) is 10.9. The summed E-state index contributed by atoms with van der Waals surface area (Å²) in [5, 5.41) is 3.40. The number of fused-ring (bicyclic) bond motifs is 1. The minimum Gasteiger partial charge on any atom is -0.495 e. The van der Waals surface area contributed by atoms with Crippen LogP contribution in [0.4, 0.5) is 24.5 Å². The molecule has 1 amide bonds. The summed E-state index contributed by atoms with van der Waals surface area (Å²) in [6.45, 7) is 3.89. The number of hydrogen-bond donors (Lipinski definition) is 3. The van der Waals surface area contributed by atoms with Crippen LogP contribution in [0.15, 0.2) is 47.4 Å². The van der Waals surface area contributed by atoms with Crippen molar-refractivity contribution in [3.8, 4) is 17.6 Å². The molecular weight excluding hydrogens is 497 g/mol. The topological polar surface area (TPSA) is 115 Å². The Morgan fingerprint density at radius 3 is 2.47 bits per heavy atom. The molecule has 0 saturated heterocycles. The highest BCUT2D eigenvalue weighted by Gasteiger charge is 2.29. The van der Waals surface area contributed by atoms with Crippen LogP contribution >= 0.6 is 0 Å². The molecule has 0 unspecified atom stereocenters. The van der Waals surface area contributed by atoms with E-state index in [9.17, 15) is 26.4 Å². The fourth-order valence-corrected chi connectivity index (χ4v) is 4.27. The standard InChI is InChI=1S/C22H21F3N4O4S.C2H6/c1-14(30)28-34(31,32)16-8-9-19(21(12-16)33-2)27-10-4-5-15-11-17-18(26)6-3-7-20(17)29(15)13-22(23,24)25;1-2/h3,6-9,11-12,27H,10,13,26H2,1-2H3,(H,28,30);1-2H3. The summed E-state index contributed by atoms with van der Waals surface area (Å²) in [7, 11) is -2.71. The molecule has 1 heterocycles. The van der Waals surface area contributed by atoms with Crippen molar-refractivity contribution in [3.05, 3.63) is 48.2 Å². The van der Waals surface area contributed by atoms with E-state index in [1.807, 2.05) is 18.6 Å². The van der Waals surface area contributed by atoms with Crippen molar-refractivity contribution in [1.82, 2.24) is 9.29 Å². The van der Waals surface area contributed by atoms with Crippen LogP contribution in [0, 0.1) is 11.8 Å². The van der Waals surface area contributed by atoms with Crippen molar-refractivity contribution >= 4 is 38.2 Å². The molecule has 36 heavy (non-hydrogen) atoms. The molecule has 0 atom stereocenters. The zero-order valence-corrected chi connectivity index (χ0v) is 21.0. The number of nitrogens with two attached hydrogens (primary N) is 1. The number of alkyl halides is 3. The Labute approximate surface area is 207 Å². The van der Waals surface area contributed by atoms with E-state index in [-0.39, 0.29) is 22.9 Å². The highest BCUT2D eigenvalue weighted by atomic mass is 32.2. The number of hydrogen-bond acceptors (Lipinski definition) is 6. The number of ether oxygens (including phenoxy) is 1. The molecule has 0 spiro atoms. The Bertz CT molecular complexity index is 1400. The highest BCUT2D eigenvalue weighted by Crippen LogP contribution is 2.29. The third kappa shape index (κ3) is 7.08. The quantitative estimate of drug-likeness (QED) is 0.330. The summed E-state index contributed by atoms with van der Waals surface area (Å²) in [5.74, 6) is 4.92. The van der Waals surface area contributed by atoms with Gasteiger partial charge in [0.25, 0.3) is 10.0 Å². The Kier molecular flexibility index (Phi) is 9.24. The zero-order valence-electron chi connectivity index (χ0n) is 20.2. The number of carbonyl (C=O) groups is 1. The van der Waals surface area contributed by atoms with Crippen molar-refractivity contribution in [2.24, 2.45) is 0 Å². The normalized spacial score (nSPS) is 11.1. The van der Waals surface area contributed by atoms with E-state index in [1.54, 1.807) is 18.2 Å². The van der Waals surface area contributed by atoms with Gasteiger partial charge < -0.3 is 20.4 Å². The molecule has 0 saturated carbocycles. The Morgan fingerprint density at radius 2 is 1.86 bits per heavy atom. The number of methoxy groups -OCH3 is 1. The van der Waals surface area contributed by atoms with Crippen LogP contribution in [0.1, 0.15) is 26.5 Å². The van der Waals surface area contributed by atoms with Gasteiger partial charge in [-0.2, -0.15) is 13.2 Å². The summed E-state index contributed by atoms with van der Waals surface area (Å²) in [6.07, 6.45) is -4.45. The first-order chi connectivity index (χ1) is 16.9. The third-order valence-corrected chi connectivity index (χ3v) is 6.09. The van der Waals surface area contributed by atoms with Gasteiger partial charge in [0.15, 0.2) is 0 Å². The summed E-state index contributed by atoms with van der Waals surface area (Å²) >= 11 is 0. The number of amides is 1. The number of halogens is 3. The number of anilines is 2. The number of rotatable bonds is 6. The van der Waals surface area contributed by atoms with Crippen molar-refractivity contribution in [1.29, 1.82) is 0 Å². The van der Waals surface area contributed by atoms with Crippen LogP contribution in [-0.4, -0.2) is 38.7 Å². The number of aromatic nitrogens is 1. The van der Waals surface area contributed by atoms with Crippen molar-refractivity contribution < 1.29 is 31.1 Å². The number of carbonyl (C=O) groups excluding carboxylic acids is 1. The molecule has 3 aromatic rings. The fraction of sp³-hybridized carbons (Fsp3) is 0.292. The largest absolute Gasteiger partial charge is 0.495 e. The number of nitrogens with zero attached hydrogens (tertiary/aromatic N) is 1. The first-order valence-electron chi connectivity index (χ1n) is 10.8. The highest BCUT2D eigenvalue weighted by molar-refractivity contribution is 7.90. The predicted molar refractivity (Wildman–Crippen MR) is 133 cm³/mol. The average Bonchev–Trinajstić information content (AvgIpc) is 3.14. The van der Waals surface area contributed by atoms with E-state index in [1.165, 1.54) is 31.4 Å². The Balaban J connectivity index is 0.00000222. The minimum absolute atomic E-state index is 0.0250. The molecule has 0 aliphatic rings. The van der Waals surface area contributed by atoms with Gasteiger partial charge in [0.1, 0.15) is 12.3 Å². The van der Waals surface area contributed by atoms with Gasteiger partial charge in [-0.05, 0) is 36.3 Å². The second-order valence-corrected chi connectivity index (χ2v) is 8.87. The van der Waals surface area contributed by atoms with E-state index in [2.05, 4.69) is 17.2 Å². The first-order valence-corrected chi connectivity index (χ1v) is 12.3. The smallest absolute Gasteiger partial charge is 0.406 e. The number of benzene rings is 2. The van der Waals surface area contributed by atoms with Crippen LogP contribution < -0.4 is 20.5 Å². The molecule has 194 valence electrons. The molecule has 3 rings (SSSR count). The predicted octanol–water partition coefficient (Wildman–Crippen LogP) is 4.11. The summed E-state index contributed by atoms with van der Waals surface area (Å²) in [6, 6.07) is 10.1. The van der Waals surface area contributed by atoms with Gasteiger partial charge >= 0.3 is 6.18 Å². The van der Waals surface area contributed by atoms with Gasteiger partial charge in [0.2, 0.25) is 5.91 Å². The van der Waals surface area contributed by atoms with E-state index in [0.717, 1.165) is 11.5 Å². The van der Waals surface area contributed by atoms with Crippen molar-refractivity contribution in [2.45, 2.75) is 38.4 Å². The van der Waals surface area contributed by atoms with Gasteiger partial charge in [-0.25, -0.2) is 13.1 Å². The van der Waals surface area contributed by atoms with Gasteiger partial charge in [-0.3, -0.25) is 4.79 Å². The number of nitrogens with one attached hydrogen (secondary N) is 2. The van der Waals surface area contributed by atoms with E-state index < -0.39 is 28.7 Å². The molecule has 0 aliphatic carbocycles. The van der Waals surface area contributed by atoms with Gasteiger partial charge in [0, 0.05) is 24.1 Å². The number of nitrogen functional groups attached to an aromatic ring is 1. The minimum atomic E-state index is -4.45. The lowest BCUT2D eigenvalue weighted by Gasteiger charge is -2.12. The SMILES string of the molecule is CC.COc1cc(S(=O)(=O)NC(C)=O)ccc1NCC#Cc1cc2c(N)cccc2n1CC(F)(F)F. The summed E-state index contributed by atoms with van der Waals surface area (Å²) < 4.78 is 71.7. The van der Waals surface area contributed by atoms with E-state index in [0.29, 0.717) is 22.3 Å². The van der Waals surface area contributed by atoms with Crippen molar-refractivity contribution in [2.75, 3.05) is 24.7 Å². The molecule has 0 aliphatic heterocycles. The van der Waals surface area contributed by atoms with E-state index >= 15 is 0 Å². The second-order valence-electron chi connectivity index (χ2n) is 7.19. The third-order valence-electron chi connectivity index (χ3n) is 4.66. The lowest BCUT2D eigenvalue weighted by atomic mass is 10.2. The van der Waals surface area contributed by atoms with Crippen LogP contribution in [0.3, 0.4) is 0 Å². The zero-order chi connectivity index (χ0) is 27.1. The molecule has 0 bridgehead atoms. The van der Waals surface area contributed by atoms with Crippen LogP contribution in [0.2, 0.25) is 0 Å². The van der Waals surface area contributed by atoms with E-state index in [4.69, 9.17) is 10.5 Å². The molecule has 0 fully saturated rings. The summed E-state index contributed by atoms with van der Waals surface area (Å²) in [5.41, 5.74) is 7.12. The lowest BCUT2D eigenvalue weighted by Crippen LogP contribution is -2.28. The maximum absolute atomic E-state index is 13.1. The first kappa shape index (κ1) is 28.4. The molecule has 4 N–H and O–H groups in total. The molecular formula is C24H27F3N4O4S. The lowest BCUT2D eigenvalue weighted by molar-refractivity contribution is -0.140. The monoisotopic (exact) mass is 524 g/mol. The fourth-order valence-electron chi connectivity index (χ4n) is 3.27. The van der Waals surface area contributed by atoms with Crippen LogP contribution in [0.25, 0.3) is 10.9 Å². The van der Waals surface area contributed by atoms with Crippen LogP contribution in [0.5, 0.6) is 5.75 Å². The van der Waals surface area contributed by atoms with Gasteiger partial charge in [-0.15, -0.1) is 0 Å². The average molecular weight is 525 g/mol.